The molecule has 0 atom stereocenters. The SMILES string of the molecule is O=S(=O)(OC1CCCCCCCCCCC1)C(F)(F)F. The topological polar surface area (TPSA) is 43.4 Å². The lowest BCUT2D eigenvalue weighted by Crippen LogP contribution is -2.30. The van der Waals surface area contributed by atoms with Crippen molar-refractivity contribution in [3.05, 3.63) is 0 Å². The van der Waals surface area contributed by atoms with Gasteiger partial charge in [0.25, 0.3) is 0 Å². The van der Waals surface area contributed by atoms with E-state index in [0.717, 1.165) is 51.4 Å². The lowest BCUT2D eigenvalue weighted by molar-refractivity contribution is -0.0580. The highest BCUT2D eigenvalue weighted by Gasteiger charge is 2.48. The smallest absolute Gasteiger partial charge is 0.260 e. The molecule has 0 aromatic carbocycles. The normalized spacial score (nSPS) is 21.9. The lowest BCUT2D eigenvalue weighted by atomic mass is 10.00. The zero-order valence-corrected chi connectivity index (χ0v) is 12.4. The van der Waals surface area contributed by atoms with Gasteiger partial charge in [-0.2, -0.15) is 21.6 Å². The summed E-state index contributed by atoms with van der Waals surface area (Å²) in [4.78, 5) is 0. The van der Waals surface area contributed by atoms with E-state index in [1.165, 1.54) is 6.42 Å². The van der Waals surface area contributed by atoms with Gasteiger partial charge in [-0.1, -0.05) is 57.8 Å². The molecule has 1 rings (SSSR count). The Morgan fingerprint density at radius 3 is 1.45 bits per heavy atom. The summed E-state index contributed by atoms with van der Waals surface area (Å²) < 4.78 is 63.5. The van der Waals surface area contributed by atoms with Crippen LogP contribution < -0.4 is 0 Å². The van der Waals surface area contributed by atoms with Crippen LogP contribution in [0.15, 0.2) is 0 Å². The molecule has 0 heterocycles. The van der Waals surface area contributed by atoms with Gasteiger partial charge in [-0.3, -0.25) is 4.18 Å². The van der Waals surface area contributed by atoms with E-state index in [9.17, 15) is 21.6 Å². The highest BCUT2D eigenvalue weighted by Crippen LogP contribution is 2.28. The van der Waals surface area contributed by atoms with Gasteiger partial charge in [-0.15, -0.1) is 0 Å². The van der Waals surface area contributed by atoms with E-state index in [1.807, 2.05) is 0 Å². The van der Waals surface area contributed by atoms with Crippen molar-refractivity contribution < 1.29 is 25.8 Å². The molecule has 0 spiro atoms. The third kappa shape index (κ3) is 6.43. The molecular weight excluding hydrogens is 293 g/mol. The molecule has 0 unspecified atom stereocenters. The third-order valence-corrected chi connectivity index (χ3v) is 4.69. The van der Waals surface area contributed by atoms with Gasteiger partial charge in [-0.05, 0) is 12.8 Å². The molecule has 1 saturated carbocycles. The number of halogens is 3. The molecule has 20 heavy (non-hydrogen) atoms. The Hall–Kier alpha value is -0.300. The van der Waals surface area contributed by atoms with Gasteiger partial charge in [0.05, 0.1) is 6.10 Å². The molecule has 1 fully saturated rings. The average Bonchev–Trinajstić information content (AvgIpc) is 2.31. The molecule has 1 aliphatic rings. The number of alkyl halides is 3. The second-order valence-corrected chi connectivity index (χ2v) is 6.94. The fourth-order valence-electron chi connectivity index (χ4n) is 2.46. The number of hydrogen-bond donors (Lipinski definition) is 0. The van der Waals surface area contributed by atoms with E-state index in [1.54, 1.807) is 0 Å². The fraction of sp³-hybridized carbons (Fsp3) is 1.00. The van der Waals surface area contributed by atoms with Crippen molar-refractivity contribution in [2.75, 3.05) is 0 Å². The van der Waals surface area contributed by atoms with Crippen molar-refractivity contribution in [3.8, 4) is 0 Å². The Morgan fingerprint density at radius 1 is 0.750 bits per heavy atom. The van der Waals surface area contributed by atoms with E-state index < -0.39 is 21.7 Å². The van der Waals surface area contributed by atoms with Crippen LogP contribution in [-0.2, 0) is 14.3 Å². The van der Waals surface area contributed by atoms with E-state index in [2.05, 4.69) is 4.18 Å². The van der Waals surface area contributed by atoms with Crippen molar-refractivity contribution in [2.24, 2.45) is 0 Å². The van der Waals surface area contributed by atoms with E-state index in [4.69, 9.17) is 0 Å². The molecule has 0 aromatic heterocycles. The van der Waals surface area contributed by atoms with Crippen LogP contribution in [0.1, 0.15) is 70.6 Å². The minimum atomic E-state index is -5.46. The summed E-state index contributed by atoms with van der Waals surface area (Å²) in [5.74, 6) is 0. The Labute approximate surface area is 119 Å². The van der Waals surface area contributed by atoms with Crippen LogP contribution in [0.2, 0.25) is 0 Å². The van der Waals surface area contributed by atoms with Gasteiger partial charge in [-0.25, -0.2) is 0 Å². The van der Waals surface area contributed by atoms with E-state index in [-0.39, 0.29) is 0 Å². The molecule has 0 aromatic rings. The van der Waals surface area contributed by atoms with Crippen LogP contribution in [0.25, 0.3) is 0 Å². The number of hydrogen-bond acceptors (Lipinski definition) is 3. The first kappa shape index (κ1) is 17.8. The van der Waals surface area contributed by atoms with Crippen molar-refractivity contribution in [3.63, 3.8) is 0 Å². The van der Waals surface area contributed by atoms with Gasteiger partial charge < -0.3 is 0 Å². The summed E-state index contributed by atoms with van der Waals surface area (Å²) in [5.41, 5.74) is -5.32. The lowest BCUT2D eigenvalue weighted by Gasteiger charge is -2.19. The molecule has 120 valence electrons. The standard InChI is InChI=1S/C13H23F3O3S/c14-13(15,16)20(17,18)19-12-10-8-6-4-2-1-3-5-7-9-11-12/h12H,1-11H2. The van der Waals surface area contributed by atoms with Crippen LogP contribution in [-0.4, -0.2) is 20.0 Å². The zero-order chi connectivity index (χ0) is 15.1. The maximum atomic E-state index is 12.3. The largest absolute Gasteiger partial charge is 0.523 e. The van der Waals surface area contributed by atoms with Gasteiger partial charge in [0, 0.05) is 0 Å². The Morgan fingerprint density at radius 2 is 1.10 bits per heavy atom. The molecular formula is C13H23F3O3S. The van der Waals surface area contributed by atoms with Crippen LogP contribution >= 0.6 is 0 Å². The molecule has 7 heteroatoms. The van der Waals surface area contributed by atoms with Crippen LogP contribution in [0, 0.1) is 0 Å². The highest BCUT2D eigenvalue weighted by molar-refractivity contribution is 7.87. The van der Waals surface area contributed by atoms with Crippen LogP contribution in [0.4, 0.5) is 13.2 Å². The monoisotopic (exact) mass is 316 g/mol. The quantitative estimate of drug-likeness (QED) is 0.555. The van der Waals surface area contributed by atoms with E-state index in [0.29, 0.717) is 12.8 Å². The number of rotatable bonds is 2. The second kappa shape index (κ2) is 8.22. The van der Waals surface area contributed by atoms with Crippen molar-refractivity contribution in [1.29, 1.82) is 0 Å². The van der Waals surface area contributed by atoms with Gasteiger partial charge in [0.1, 0.15) is 0 Å². The summed E-state index contributed by atoms with van der Waals surface area (Å²) in [5, 5.41) is 0. The second-order valence-electron chi connectivity index (χ2n) is 5.38. The molecule has 0 saturated heterocycles. The molecule has 0 amide bonds. The molecule has 0 N–H and O–H groups in total. The zero-order valence-electron chi connectivity index (χ0n) is 11.6. The van der Waals surface area contributed by atoms with Gasteiger partial charge >= 0.3 is 15.6 Å². The molecule has 3 nitrogen and oxygen atoms in total. The van der Waals surface area contributed by atoms with Crippen molar-refractivity contribution in [1.82, 2.24) is 0 Å². The fourth-order valence-corrected chi connectivity index (χ4v) is 3.12. The van der Waals surface area contributed by atoms with Gasteiger partial charge in [0.2, 0.25) is 0 Å². The van der Waals surface area contributed by atoms with Crippen molar-refractivity contribution >= 4 is 10.1 Å². The predicted octanol–water partition coefficient (Wildman–Crippen LogP) is 4.53. The third-order valence-electron chi connectivity index (χ3n) is 3.60. The van der Waals surface area contributed by atoms with E-state index >= 15 is 0 Å². The maximum absolute atomic E-state index is 12.3. The summed E-state index contributed by atoms with van der Waals surface area (Å²) in [7, 11) is -5.46. The van der Waals surface area contributed by atoms with Gasteiger partial charge in [0.15, 0.2) is 0 Å². The molecule has 0 bridgehead atoms. The van der Waals surface area contributed by atoms with Crippen molar-refractivity contribution in [2.45, 2.75) is 82.2 Å². The maximum Gasteiger partial charge on any atom is 0.523 e. The first-order chi connectivity index (χ1) is 9.33. The van der Waals surface area contributed by atoms with Crippen LogP contribution in [0.3, 0.4) is 0 Å². The summed E-state index contributed by atoms with van der Waals surface area (Å²) in [6.07, 6.45) is 8.83. The molecule has 0 radical (unpaired) electrons. The summed E-state index contributed by atoms with van der Waals surface area (Å²) in [6.45, 7) is 0. The minimum absolute atomic E-state index is 0.384. The highest BCUT2D eigenvalue weighted by atomic mass is 32.2. The first-order valence-electron chi connectivity index (χ1n) is 7.32. The Balaban J connectivity index is 2.55. The van der Waals surface area contributed by atoms with Crippen LogP contribution in [0.5, 0.6) is 0 Å². The molecule has 1 aliphatic carbocycles. The first-order valence-corrected chi connectivity index (χ1v) is 8.73. The Bertz CT molecular complexity index is 354. The minimum Gasteiger partial charge on any atom is -0.260 e. The average molecular weight is 316 g/mol. The molecule has 0 aliphatic heterocycles. The Kier molecular flexibility index (Phi) is 7.29. The summed E-state index contributed by atoms with van der Waals surface area (Å²) >= 11 is 0. The predicted molar refractivity (Wildman–Crippen MR) is 70.6 cm³/mol. The summed E-state index contributed by atoms with van der Waals surface area (Å²) in [6, 6.07) is 0.